The molecule has 1 unspecified atom stereocenters. The van der Waals surface area contributed by atoms with Crippen LogP contribution in [0, 0.1) is 5.92 Å². The molecule has 0 aromatic carbocycles. The average Bonchev–Trinajstić information content (AvgIpc) is 3.23. The lowest BCUT2D eigenvalue weighted by Gasteiger charge is -2.20. The molecule has 1 aliphatic carbocycles. The third-order valence-electron chi connectivity index (χ3n) is 5.37. The molecule has 1 fully saturated rings. The fourth-order valence-corrected chi connectivity index (χ4v) is 3.35. The molecule has 0 spiro atoms. The Hall–Kier alpha value is -2.57. The van der Waals surface area contributed by atoms with Crippen LogP contribution in [-0.2, 0) is 7.05 Å². The molecule has 1 saturated carbocycles. The number of nitrogen functional groups attached to an aromatic ring is 1. The molecule has 1 aliphatic rings. The lowest BCUT2D eigenvalue weighted by Crippen LogP contribution is -2.26. The minimum atomic E-state index is -0.107. The van der Waals surface area contributed by atoms with Gasteiger partial charge in [0.15, 0.2) is 5.82 Å². The van der Waals surface area contributed by atoms with Crippen LogP contribution in [0.3, 0.4) is 0 Å². The fourth-order valence-electron chi connectivity index (χ4n) is 3.35. The van der Waals surface area contributed by atoms with Gasteiger partial charge in [0, 0.05) is 36.5 Å². The summed E-state index contributed by atoms with van der Waals surface area (Å²) in [6.07, 6.45) is 4.33. The molecular formula is C18H24N6O. The maximum absolute atomic E-state index is 12.9. The second kappa shape index (κ2) is 5.47. The first kappa shape index (κ1) is 15.9. The summed E-state index contributed by atoms with van der Waals surface area (Å²) in [6.45, 7) is 6.25. The van der Waals surface area contributed by atoms with Gasteiger partial charge in [0.1, 0.15) is 5.39 Å². The Kier molecular flexibility index (Phi) is 3.49. The van der Waals surface area contributed by atoms with E-state index in [0.29, 0.717) is 22.7 Å². The topological polar surface area (TPSA) is 94.5 Å². The van der Waals surface area contributed by atoms with Gasteiger partial charge in [-0.1, -0.05) is 13.8 Å². The molecule has 0 saturated heterocycles. The van der Waals surface area contributed by atoms with Crippen LogP contribution in [0.2, 0.25) is 0 Å². The van der Waals surface area contributed by atoms with Crippen molar-refractivity contribution < 1.29 is 0 Å². The van der Waals surface area contributed by atoms with Crippen LogP contribution >= 0.6 is 0 Å². The molecule has 7 heteroatoms. The zero-order chi connectivity index (χ0) is 17.9. The summed E-state index contributed by atoms with van der Waals surface area (Å²) in [5.41, 5.74) is 9.50. The van der Waals surface area contributed by atoms with Crippen LogP contribution in [0.25, 0.3) is 22.2 Å². The maximum atomic E-state index is 12.9. The Morgan fingerprint density at radius 3 is 2.68 bits per heavy atom. The Labute approximate surface area is 145 Å². The van der Waals surface area contributed by atoms with E-state index < -0.39 is 0 Å². The van der Waals surface area contributed by atoms with Crippen molar-refractivity contribution in [1.29, 1.82) is 0 Å². The number of H-pyrrole nitrogens is 1. The minimum absolute atomic E-state index is 0.0524. The van der Waals surface area contributed by atoms with E-state index in [0.717, 1.165) is 11.3 Å². The zero-order valence-corrected chi connectivity index (χ0v) is 15.1. The number of fused-ring (bicyclic) bond motifs is 1. The van der Waals surface area contributed by atoms with Crippen LogP contribution < -0.4 is 11.3 Å². The molecule has 132 valence electrons. The summed E-state index contributed by atoms with van der Waals surface area (Å²) in [6, 6.07) is 2.18. The summed E-state index contributed by atoms with van der Waals surface area (Å²) in [5, 5.41) is 12.1. The lowest BCUT2D eigenvalue weighted by molar-refractivity contribution is 0.400. The minimum Gasteiger partial charge on any atom is -0.382 e. The number of aromatic nitrogens is 5. The predicted octanol–water partition coefficient (Wildman–Crippen LogP) is 2.80. The third-order valence-corrected chi connectivity index (χ3v) is 5.37. The van der Waals surface area contributed by atoms with Crippen molar-refractivity contribution in [2.45, 2.75) is 45.6 Å². The Balaban J connectivity index is 1.98. The highest BCUT2D eigenvalue weighted by Crippen LogP contribution is 2.41. The van der Waals surface area contributed by atoms with Crippen molar-refractivity contribution >= 4 is 16.7 Å². The van der Waals surface area contributed by atoms with E-state index in [1.807, 2.05) is 24.9 Å². The fraction of sp³-hybridized carbons (Fsp3) is 0.500. The smallest absolute Gasteiger partial charge is 0.264 e. The summed E-state index contributed by atoms with van der Waals surface area (Å²) in [5.74, 6) is 1.17. The first-order chi connectivity index (χ1) is 11.9. The van der Waals surface area contributed by atoms with E-state index in [2.05, 4.69) is 35.2 Å². The summed E-state index contributed by atoms with van der Waals surface area (Å²) >= 11 is 0. The Morgan fingerprint density at radius 1 is 1.32 bits per heavy atom. The number of hydrogen-bond donors (Lipinski definition) is 2. The number of aryl methyl sites for hydroxylation is 1. The average molecular weight is 340 g/mol. The largest absolute Gasteiger partial charge is 0.382 e. The summed E-state index contributed by atoms with van der Waals surface area (Å²) in [7, 11) is 1.97. The molecule has 3 aromatic rings. The van der Waals surface area contributed by atoms with Gasteiger partial charge in [-0.3, -0.25) is 14.6 Å². The third kappa shape index (κ3) is 2.45. The van der Waals surface area contributed by atoms with Crippen LogP contribution in [0.4, 0.5) is 5.82 Å². The van der Waals surface area contributed by atoms with Gasteiger partial charge in [-0.25, -0.2) is 0 Å². The SMILES string of the molecule is CC(C)C(C)n1cc(-c2cc(C3CC3)n(C)n2)c2[nH]nc(N)c2c1=O. The van der Waals surface area contributed by atoms with Gasteiger partial charge >= 0.3 is 0 Å². The van der Waals surface area contributed by atoms with E-state index in [-0.39, 0.29) is 17.4 Å². The van der Waals surface area contributed by atoms with Gasteiger partial charge in [-0.05, 0) is 31.7 Å². The Bertz CT molecular complexity index is 1000. The first-order valence-electron chi connectivity index (χ1n) is 8.81. The van der Waals surface area contributed by atoms with E-state index in [1.54, 1.807) is 4.57 Å². The second-order valence-electron chi connectivity index (χ2n) is 7.45. The quantitative estimate of drug-likeness (QED) is 0.763. The van der Waals surface area contributed by atoms with Gasteiger partial charge in [0.05, 0.1) is 11.2 Å². The van der Waals surface area contributed by atoms with E-state index >= 15 is 0 Å². The highest BCUT2D eigenvalue weighted by atomic mass is 16.1. The molecule has 3 heterocycles. The molecule has 0 radical (unpaired) electrons. The van der Waals surface area contributed by atoms with Crippen molar-refractivity contribution in [2.75, 3.05) is 5.73 Å². The maximum Gasteiger partial charge on any atom is 0.264 e. The second-order valence-corrected chi connectivity index (χ2v) is 7.45. The number of aromatic amines is 1. The van der Waals surface area contributed by atoms with Gasteiger partial charge in [0.25, 0.3) is 5.56 Å². The van der Waals surface area contributed by atoms with Gasteiger partial charge in [0.2, 0.25) is 0 Å². The van der Waals surface area contributed by atoms with Crippen molar-refractivity contribution in [1.82, 2.24) is 24.5 Å². The summed E-state index contributed by atoms with van der Waals surface area (Å²) < 4.78 is 3.71. The molecule has 7 nitrogen and oxygen atoms in total. The number of rotatable bonds is 4. The van der Waals surface area contributed by atoms with E-state index in [9.17, 15) is 4.79 Å². The van der Waals surface area contributed by atoms with Gasteiger partial charge < -0.3 is 10.3 Å². The number of nitrogens with one attached hydrogen (secondary N) is 1. The number of nitrogens with zero attached hydrogens (tertiary/aromatic N) is 4. The number of pyridine rings is 1. The van der Waals surface area contributed by atoms with Crippen molar-refractivity contribution in [2.24, 2.45) is 13.0 Å². The molecule has 0 bridgehead atoms. The zero-order valence-electron chi connectivity index (χ0n) is 15.1. The van der Waals surface area contributed by atoms with Crippen LogP contribution in [0.15, 0.2) is 17.1 Å². The van der Waals surface area contributed by atoms with Gasteiger partial charge in [-0.15, -0.1) is 0 Å². The molecule has 3 aromatic heterocycles. The standard InChI is InChI=1S/C18H24N6O/c1-9(2)10(3)24-8-12(16-15(18(24)25)17(19)21-20-16)13-7-14(11-5-6-11)23(4)22-13/h7-11H,5-6H2,1-4H3,(H3,19,20,21). The van der Waals surface area contributed by atoms with Crippen molar-refractivity contribution in [3.8, 4) is 11.3 Å². The normalized spacial score (nSPS) is 16.0. The van der Waals surface area contributed by atoms with Crippen molar-refractivity contribution in [3.05, 3.63) is 28.3 Å². The monoisotopic (exact) mass is 340 g/mol. The van der Waals surface area contributed by atoms with E-state index in [4.69, 9.17) is 5.73 Å². The number of nitrogens with two attached hydrogens (primary N) is 1. The Morgan fingerprint density at radius 2 is 2.04 bits per heavy atom. The number of hydrogen-bond acceptors (Lipinski definition) is 4. The molecule has 1 atom stereocenters. The molecule has 4 rings (SSSR count). The summed E-state index contributed by atoms with van der Waals surface area (Å²) in [4.78, 5) is 12.9. The van der Waals surface area contributed by atoms with Crippen molar-refractivity contribution in [3.63, 3.8) is 0 Å². The molecular weight excluding hydrogens is 316 g/mol. The number of anilines is 1. The molecule has 0 aliphatic heterocycles. The first-order valence-corrected chi connectivity index (χ1v) is 8.81. The van der Waals surface area contributed by atoms with Crippen LogP contribution in [0.5, 0.6) is 0 Å². The van der Waals surface area contributed by atoms with Crippen LogP contribution in [-0.4, -0.2) is 24.5 Å². The van der Waals surface area contributed by atoms with Crippen LogP contribution in [0.1, 0.15) is 51.3 Å². The lowest BCUT2D eigenvalue weighted by atomic mass is 10.0. The van der Waals surface area contributed by atoms with Gasteiger partial charge in [-0.2, -0.15) is 10.2 Å². The molecule has 25 heavy (non-hydrogen) atoms. The predicted molar refractivity (Wildman–Crippen MR) is 98.5 cm³/mol. The highest BCUT2D eigenvalue weighted by Gasteiger charge is 2.28. The van der Waals surface area contributed by atoms with E-state index in [1.165, 1.54) is 18.5 Å². The highest BCUT2D eigenvalue weighted by molar-refractivity contribution is 5.97. The molecule has 0 amide bonds. The molecule has 3 N–H and O–H groups in total.